The van der Waals surface area contributed by atoms with Gasteiger partial charge in [0.2, 0.25) is 0 Å². The monoisotopic (exact) mass is 305 g/mol. The maximum atomic E-state index is 11.2. The first-order valence-electron chi connectivity index (χ1n) is 7.29. The van der Waals surface area contributed by atoms with Gasteiger partial charge in [-0.1, -0.05) is 12.1 Å². The number of benzene rings is 2. The lowest BCUT2D eigenvalue weighted by atomic mass is 9.84. The summed E-state index contributed by atoms with van der Waals surface area (Å²) in [6.45, 7) is 0. The number of fused-ring (bicyclic) bond motifs is 1. The van der Waals surface area contributed by atoms with Crippen molar-refractivity contribution in [2.45, 2.75) is 12.8 Å². The van der Waals surface area contributed by atoms with Gasteiger partial charge in [0.25, 0.3) is 0 Å². The maximum absolute atomic E-state index is 11.2. The standard InChI is InChI=1S/C19H15NO3/c1-23-15-7-8-16(14(9-15)11-20)17-4-2-3-12-5-6-13(19(21)22)10-18(12)17/h4-10H,2-3H2,1H3,(H,21,22). The van der Waals surface area contributed by atoms with Crippen LogP contribution in [0.2, 0.25) is 0 Å². The molecule has 0 bridgehead atoms. The van der Waals surface area contributed by atoms with Crippen molar-refractivity contribution in [2.75, 3.05) is 7.11 Å². The molecule has 0 radical (unpaired) electrons. The first kappa shape index (κ1) is 14.9. The molecule has 1 aliphatic carbocycles. The number of nitrogens with zero attached hydrogens (tertiary/aromatic N) is 1. The fourth-order valence-corrected chi connectivity index (χ4v) is 2.89. The van der Waals surface area contributed by atoms with Crippen molar-refractivity contribution in [1.82, 2.24) is 0 Å². The summed E-state index contributed by atoms with van der Waals surface area (Å²) in [4.78, 5) is 11.2. The number of allylic oxidation sites excluding steroid dienone is 1. The molecule has 0 fully saturated rings. The van der Waals surface area contributed by atoms with E-state index in [9.17, 15) is 15.2 Å². The van der Waals surface area contributed by atoms with Crippen molar-refractivity contribution >= 4 is 11.5 Å². The zero-order valence-electron chi connectivity index (χ0n) is 12.7. The summed E-state index contributed by atoms with van der Waals surface area (Å²) in [5.74, 6) is -0.325. The van der Waals surface area contributed by atoms with Gasteiger partial charge in [-0.15, -0.1) is 0 Å². The summed E-state index contributed by atoms with van der Waals surface area (Å²) in [6.07, 6.45) is 3.80. The summed E-state index contributed by atoms with van der Waals surface area (Å²) < 4.78 is 5.17. The molecule has 2 aromatic carbocycles. The zero-order valence-corrected chi connectivity index (χ0v) is 12.7. The van der Waals surface area contributed by atoms with Gasteiger partial charge < -0.3 is 9.84 Å². The normalized spacial score (nSPS) is 12.8. The van der Waals surface area contributed by atoms with Crippen LogP contribution in [0.5, 0.6) is 5.75 Å². The highest BCUT2D eigenvalue weighted by Gasteiger charge is 2.19. The van der Waals surface area contributed by atoms with Gasteiger partial charge in [-0.3, -0.25) is 0 Å². The lowest BCUT2D eigenvalue weighted by Gasteiger charge is -2.20. The Bertz CT molecular complexity index is 859. The molecule has 4 nitrogen and oxygen atoms in total. The molecule has 0 heterocycles. The third kappa shape index (κ3) is 2.69. The average Bonchev–Trinajstić information content (AvgIpc) is 2.60. The Morgan fingerprint density at radius 3 is 2.74 bits per heavy atom. The molecule has 0 atom stereocenters. The second-order valence-corrected chi connectivity index (χ2v) is 5.36. The highest BCUT2D eigenvalue weighted by Crippen LogP contribution is 2.35. The van der Waals surface area contributed by atoms with Crippen LogP contribution >= 0.6 is 0 Å². The molecule has 2 aromatic rings. The molecule has 0 aliphatic heterocycles. The van der Waals surface area contributed by atoms with E-state index in [4.69, 9.17) is 4.74 Å². The number of ether oxygens (including phenoxy) is 1. The molecule has 23 heavy (non-hydrogen) atoms. The molecule has 0 saturated carbocycles. The van der Waals surface area contributed by atoms with E-state index in [2.05, 4.69) is 12.1 Å². The first-order valence-corrected chi connectivity index (χ1v) is 7.29. The minimum absolute atomic E-state index is 0.253. The minimum atomic E-state index is -0.951. The topological polar surface area (TPSA) is 70.3 Å². The zero-order chi connectivity index (χ0) is 16.4. The van der Waals surface area contributed by atoms with Crippen LogP contribution in [0.4, 0.5) is 0 Å². The SMILES string of the molecule is COc1ccc(C2=CCCc3ccc(C(=O)O)cc32)c(C#N)c1. The number of hydrogen-bond acceptors (Lipinski definition) is 3. The fraction of sp³-hybridized carbons (Fsp3) is 0.158. The molecule has 1 aliphatic rings. The summed E-state index contributed by atoms with van der Waals surface area (Å²) in [5, 5.41) is 18.7. The van der Waals surface area contributed by atoms with Gasteiger partial charge in [-0.05, 0) is 65.4 Å². The third-order valence-corrected chi connectivity index (χ3v) is 4.05. The summed E-state index contributed by atoms with van der Waals surface area (Å²) in [5.41, 5.74) is 4.48. The molecule has 3 rings (SSSR count). The summed E-state index contributed by atoms with van der Waals surface area (Å²) in [7, 11) is 1.56. The Morgan fingerprint density at radius 1 is 1.22 bits per heavy atom. The second-order valence-electron chi connectivity index (χ2n) is 5.36. The van der Waals surface area contributed by atoms with Crippen molar-refractivity contribution in [2.24, 2.45) is 0 Å². The Morgan fingerprint density at radius 2 is 2.04 bits per heavy atom. The molecule has 0 aromatic heterocycles. The van der Waals surface area contributed by atoms with Crippen molar-refractivity contribution in [3.8, 4) is 11.8 Å². The molecule has 0 unspecified atom stereocenters. The van der Waals surface area contributed by atoms with E-state index in [1.54, 1.807) is 25.3 Å². The molecular weight excluding hydrogens is 290 g/mol. The number of aryl methyl sites for hydroxylation is 1. The number of rotatable bonds is 3. The largest absolute Gasteiger partial charge is 0.497 e. The van der Waals surface area contributed by atoms with Crippen molar-refractivity contribution in [3.05, 3.63) is 70.3 Å². The van der Waals surface area contributed by atoms with Crippen LogP contribution in [0.1, 0.15) is 39.0 Å². The minimum Gasteiger partial charge on any atom is -0.497 e. The smallest absolute Gasteiger partial charge is 0.335 e. The van der Waals surface area contributed by atoms with Crippen LogP contribution in [0, 0.1) is 11.3 Å². The fourth-order valence-electron chi connectivity index (χ4n) is 2.89. The summed E-state index contributed by atoms with van der Waals surface area (Å²) >= 11 is 0. The molecule has 1 N–H and O–H groups in total. The summed E-state index contributed by atoms with van der Waals surface area (Å²) in [6, 6.07) is 12.7. The van der Waals surface area contributed by atoms with Gasteiger partial charge >= 0.3 is 5.97 Å². The lowest BCUT2D eigenvalue weighted by Crippen LogP contribution is -2.06. The second kappa shape index (κ2) is 5.98. The lowest BCUT2D eigenvalue weighted by molar-refractivity contribution is 0.0697. The quantitative estimate of drug-likeness (QED) is 0.939. The van der Waals surface area contributed by atoms with E-state index in [0.29, 0.717) is 11.3 Å². The molecule has 4 heteroatoms. The van der Waals surface area contributed by atoms with Gasteiger partial charge in [0.15, 0.2) is 0 Å². The van der Waals surface area contributed by atoms with Crippen molar-refractivity contribution in [1.29, 1.82) is 5.26 Å². The van der Waals surface area contributed by atoms with Crippen LogP contribution in [0.25, 0.3) is 5.57 Å². The molecule has 114 valence electrons. The van der Waals surface area contributed by atoms with Crippen molar-refractivity contribution in [3.63, 3.8) is 0 Å². The number of aromatic carboxylic acids is 1. The van der Waals surface area contributed by atoms with E-state index in [0.717, 1.165) is 35.1 Å². The van der Waals surface area contributed by atoms with Crippen LogP contribution in [0.3, 0.4) is 0 Å². The predicted molar refractivity (Wildman–Crippen MR) is 86.5 cm³/mol. The average molecular weight is 305 g/mol. The van der Waals surface area contributed by atoms with Gasteiger partial charge in [-0.2, -0.15) is 5.26 Å². The predicted octanol–water partition coefficient (Wildman–Crippen LogP) is 3.64. The molecule has 0 saturated heterocycles. The van der Waals surface area contributed by atoms with E-state index < -0.39 is 5.97 Å². The van der Waals surface area contributed by atoms with Crippen LogP contribution in [-0.4, -0.2) is 18.2 Å². The number of carboxylic acids is 1. The first-order chi connectivity index (χ1) is 11.1. The highest BCUT2D eigenvalue weighted by atomic mass is 16.5. The van der Waals surface area contributed by atoms with Gasteiger partial charge in [0, 0.05) is 0 Å². The number of nitriles is 1. The van der Waals surface area contributed by atoms with Gasteiger partial charge in [0.05, 0.1) is 24.3 Å². The molecule has 0 amide bonds. The number of carboxylic acid groups (broad SMARTS) is 1. The highest BCUT2D eigenvalue weighted by molar-refractivity contribution is 5.92. The van der Waals surface area contributed by atoms with E-state index >= 15 is 0 Å². The number of carbonyl (C=O) groups is 1. The van der Waals surface area contributed by atoms with E-state index in [-0.39, 0.29) is 5.56 Å². The van der Waals surface area contributed by atoms with Gasteiger partial charge in [0.1, 0.15) is 5.75 Å². The maximum Gasteiger partial charge on any atom is 0.335 e. The molecule has 0 spiro atoms. The van der Waals surface area contributed by atoms with Crippen LogP contribution in [-0.2, 0) is 6.42 Å². The van der Waals surface area contributed by atoms with Crippen LogP contribution in [0.15, 0.2) is 42.5 Å². The number of hydrogen-bond donors (Lipinski definition) is 1. The number of methoxy groups -OCH3 is 1. The Kier molecular flexibility index (Phi) is 3.86. The third-order valence-electron chi connectivity index (χ3n) is 4.05. The van der Waals surface area contributed by atoms with Crippen molar-refractivity contribution < 1.29 is 14.6 Å². The van der Waals surface area contributed by atoms with E-state index in [1.807, 2.05) is 18.2 Å². The molecular formula is C19H15NO3. The van der Waals surface area contributed by atoms with E-state index in [1.165, 1.54) is 0 Å². The van der Waals surface area contributed by atoms with Gasteiger partial charge in [-0.25, -0.2) is 4.79 Å². The Hall–Kier alpha value is -3.06. The van der Waals surface area contributed by atoms with Crippen LogP contribution < -0.4 is 4.74 Å². The Labute approximate surface area is 134 Å². The Balaban J connectivity index is 2.16.